The van der Waals surface area contributed by atoms with Gasteiger partial charge in [-0.15, -0.1) is 0 Å². The first-order chi connectivity index (χ1) is 11.9. The van der Waals surface area contributed by atoms with Crippen LogP contribution in [-0.4, -0.2) is 23.9 Å². The molecule has 0 unspecified atom stereocenters. The Morgan fingerprint density at radius 1 is 1.04 bits per heavy atom. The number of carbonyl (C=O) groups is 1. The molecule has 0 saturated heterocycles. The third-order valence-corrected chi connectivity index (χ3v) is 4.87. The molecule has 0 atom stereocenters. The molecule has 0 radical (unpaired) electrons. The minimum atomic E-state index is 0.0143. The van der Waals surface area contributed by atoms with Gasteiger partial charge in [0, 0.05) is 31.7 Å². The molecule has 3 rings (SSSR count). The topological polar surface area (TPSA) is 32.3 Å². The van der Waals surface area contributed by atoms with E-state index in [9.17, 15) is 4.79 Å². The molecule has 1 heterocycles. The summed E-state index contributed by atoms with van der Waals surface area (Å²) in [7, 11) is 0. The van der Waals surface area contributed by atoms with Crippen molar-refractivity contribution < 1.29 is 4.79 Å². The quantitative estimate of drug-likeness (QED) is 0.899. The van der Waals surface area contributed by atoms with Gasteiger partial charge in [0.1, 0.15) is 0 Å². The van der Waals surface area contributed by atoms with E-state index in [1.807, 2.05) is 18.2 Å². The van der Waals surface area contributed by atoms with Crippen LogP contribution in [0.25, 0.3) is 0 Å². The van der Waals surface area contributed by atoms with Crippen molar-refractivity contribution in [1.29, 1.82) is 0 Å². The van der Waals surface area contributed by atoms with Crippen LogP contribution in [0.15, 0.2) is 48.5 Å². The Bertz CT molecular complexity index is 746. The minimum absolute atomic E-state index is 0.0143. The fourth-order valence-corrected chi connectivity index (χ4v) is 3.46. The molecular weight excluding hydrogens is 308 g/mol. The molecule has 2 aromatic carbocycles. The number of fused-ring (bicyclic) bond motifs is 1. The van der Waals surface area contributed by atoms with Crippen LogP contribution in [0.3, 0.4) is 0 Å². The maximum Gasteiger partial charge on any atom is 0.225 e. The van der Waals surface area contributed by atoms with E-state index in [0.717, 1.165) is 31.7 Å². The maximum atomic E-state index is 12.4. The summed E-state index contributed by atoms with van der Waals surface area (Å²) >= 11 is 0. The van der Waals surface area contributed by atoms with Crippen LogP contribution in [0.2, 0.25) is 0 Å². The lowest BCUT2D eigenvalue weighted by molar-refractivity contribution is -0.116. The van der Waals surface area contributed by atoms with Crippen LogP contribution in [-0.2, 0) is 23.2 Å². The minimum Gasteiger partial charge on any atom is -0.326 e. The third-order valence-electron chi connectivity index (χ3n) is 4.87. The monoisotopic (exact) mass is 336 g/mol. The molecule has 0 aliphatic carbocycles. The summed E-state index contributed by atoms with van der Waals surface area (Å²) in [5, 5.41) is 3.11. The van der Waals surface area contributed by atoms with E-state index in [-0.39, 0.29) is 11.3 Å². The van der Waals surface area contributed by atoms with Crippen molar-refractivity contribution in [1.82, 2.24) is 4.90 Å². The van der Waals surface area contributed by atoms with Gasteiger partial charge >= 0.3 is 0 Å². The Kier molecular flexibility index (Phi) is 5.24. The highest BCUT2D eigenvalue weighted by Crippen LogP contribution is 2.29. The first-order valence-electron chi connectivity index (χ1n) is 9.12. The summed E-state index contributed by atoms with van der Waals surface area (Å²) in [4.78, 5) is 14.8. The van der Waals surface area contributed by atoms with Crippen molar-refractivity contribution in [3.05, 3.63) is 65.2 Å². The Morgan fingerprint density at radius 3 is 2.48 bits per heavy atom. The number of anilines is 1. The molecular formula is C22H28N2O. The Balaban J connectivity index is 1.56. The normalized spacial score (nSPS) is 14.8. The molecule has 1 aliphatic rings. The molecule has 1 amide bonds. The number of amides is 1. The lowest BCUT2D eigenvalue weighted by Gasteiger charge is -2.28. The van der Waals surface area contributed by atoms with Gasteiger partial charge in [-0.1, -0.05) is 63.2 Å². The van der Waals surface area contributed by atoms with Crippen molar-refractivity contribution in [3.8, 4) is 0 Å². The van der Waals surface area contributed by atoms with Crippen LogP contribution >= 0.6 is 0 Å². The zero-order chi connectivity index (χ0) is 17.9. The first kappa shape index (κ1) is 17.7. The van der Waals surface area contributed by atoms with E-state index in [0.29, 0.717) is 6.42 Å². The number of carbonyl (C=O) groups excluding carboxylic acids is 1. The van der Waals surface area contributed by atoms with Gasteiger partial charge in [-0.05, 0) is 34.6 Å². The predicted octanol–water partition coefficient (Wildman–Crippen LogP) is 4.37. The Hall–Kier alpha value is -2.13. The zero-order valence-corrected chi connectivity index (χ0v) is 15.5. The van der Waals surface area contributed by atoms with Crippen molar-refractivity contribution >= 4 is 11.6 Å². The van der Waals surface area contributed by atoms with Crippen molar-refractivity contribution in [2.45, 2.75) is 45.6 Å². The number of para-hydroxylation sites is 1. The lowest BCUT2D eigenvalue weighted by Crippen LogP contribution is -2.33. The van der Waals surface area contributed by atoms with Crippen LogP contribution in [0, 0.1) is 0 Å². The van der Waals surface area contributed by atoms with E-state index in [2.05, 4.69) is 61.3 Å². The molecule has 1 aliphatic heterocycles. The number of hydrogen-bond acceptors (Lipinski definition) is 2. The standard InChI is InChI=1S/C22H28N2O/c1-22(2,3)19-10-6-7-11-20(19)23-21(25)13-15-24-14-12-17-8-4-5-9-18(17)16-24/h4-11H,12-16H2,1-3H3,(H,23,25). The third kappa shape index (κ3) is 4.49. The molecule has 3 heteroatoms. The average molecular weight is 336 g/mol. The first-order valence-corrected chi connectivity index (χ1v) is 9.12. The van der Waals surface area contributed by atoms with E-state index in [1.54, 1.807) is 0 Å². The second-order valence-corrected chi connectivity index (χ2v) is 7.89. The fraction of sp³-hybridized carbons (Fsp3) is 0.409. The number of nitrogens with one attached hydrogen (secondary N) is 1. The van der Waals surface area contributed by atoms with Crippen molar-refractivity contribution in [2.75, 3.05) is 18.4 Å². The Morgan fingerprint density at radius 2 is 1.72 bits per heavy atom. The van der Waals surface area contributed by atoms with Crippen molar-refractivity contribution in [3.63, 3.8) is 0 Å². The van der Waals surface area contributed by atoms with Crippen LogP contribution in [0.5, 0.6) is 0 Å². The lowest BCUT2D eigenvalue weighted by atomic mass is 9.86. The summed E-state index contributed by atoms with van der Waals surface area (Å²) in [5.74, 6) is 0.0931. The highest BCUT2D eigenvalue weighted by molar-refractivity contribution is 5.91. The van der Waals surface area contributed by atoms with E-state index >= 15 is 0 Å². The number of benzene rings is 2. The fourth-order valence-electron chi connectivity index (χ4n) is 3.46. The van der Waals surface area contributed by atoms with Gasteiger partial charge in [0.25, 0.3) is 0 Å². The van der Waals surface area contributed by atoms with Crippen molar-refractivity contribution in [2.24, 2.45) is 0 Å². The van der Waals surface area contributed by atoms with Crippen LogP contribution < -0.4 is 5.32 Å². The summed E-state index contributed by atoms with van der Waals surface area (Å²) in [6.45, 7) is 9.29. The van der Waals surface area contributed by atoms with Gasteiger partial charge in [0.15, 0.2) is 0 Å². The molecule has 0 spiro atoms. The second kappa shape index (κ2) is 7.40. The summed E-state index contributed by atoms with van der Waals surface area (Å²) in [6.07, 6.45) is 1.60. The van der Waals surface area contributed by atoms with E-state index in [1.165, 1.54) is 16.7 Å². The zero-order valence-electron chi connectivity index (χ0n) is 15.5. The highest BCUT2D eigenvalue weighted by Gasteiger charge is 2.19. The molecule has 1 N–H and O–H groups in total. The molecule has 0 bridgehead atoms. The maximum absolute atomic E-state index is 12.4. The Labute approximate surface area is 151 Å². The van der Waals surface area contributed by atoms with E-state index in [4.69, 9.17) is 0 Å². The van der Waals surface area contributed by atoms with Crippen LogP contribution in [0.4, 0.5) is 5.69 Å². The summed E-state index contributed by atoms with van der Waals surface area (Å²) < 4.78 is 0. The van der Waals surface area contributed by atoms with Crippen LogP contribution in [0.1, 0.15) is 43.9 Å². The number of nitrogens with zero attached hydrogens (tertiary/aromatic N) is 1. The van der Waals surface area contributed by atoms with Gasteiger partial charge in [-0.2, -0.15) is 0 Å². The second-order valence-electron chi connectivity index (χ2n) is 7.89. The SMILES string of the molecule is CC(C)(C)c1ccccc1NC(=O)CCN1CCc2ccccc2C1. The number of hydrogen-bond donors (Lipinski definition) is 1. The molecule has 0 aromatic heterocycles. The van der Waals surface area contributed by atoms with Gasteiger partial charge < -0.3 is 5.32 Å². The molecule has 0 saturated carbocycles. The summed E-state index contributed by atoms with van der Waals surface area (Å²) in [5.41, 5.74) is 4.97. The summed E-state index contributed by atoms with van der Waals surface area (Å²) in [6, 6.07) is 16.7. The highest BCUT2D eigenvalue weighted by atomic mass is 16.1. The smallest absolute Gasteiger partial charge is 0.225 e. The van der Waals surface area contributed by atoms with Gasteiger partial charge in [-0.25, -0.2) is 0 Å². The molecule has 132 valence electrons. The largest absolute Gasteiger partial charge is 0.326 e. The van der Waals surface area contributed by atoms with Gasteiger partial charge in [-0.3, -0.25) is 9.69 Å². The van der Waals surface area contributed by atoms with E-state index < -0.39 is 0 Å². The molecule has 3 nitrogen and oxygen atoms in total. The molecule has 0 fully saturated rings. The molecule has 2 aromatic rings. The van der Waals surface area contributed by atoms with Gasteiger partial charge in [0.2, 0.25) is 5.91 Å². The number of rotatable bonds is 4. The average Bonchev–Trinajstić information content (AvgIpc) is 2.59. The van der Waals surface area contributed by atoms with Gasteiger partial charge in [0.05, 0.1) is 0 Å². The predicted molar refractivity (Wildman–Crippen MR) is 104 cm³/mol. The molecule has 25 heavy (non-hydrogen) atoms.